The SMILES string of the molecule is CCCNCc1cnc(-c2cn[nH]n2)s1. The lowest BCUT2D eigenvalue weighted by Crippen LogP contribution is -2.12. The molecule has 0 aromatic carbocycles. The summed E-state index contributed by atoms with van der Waals surface area (Å²) in [5.74, 6) is 0. The summed E-state index contributed by atoms with van der Waals surface area (Å²) in [5, 5.41) is 14.6. The van der Waals surface area contributed by atoms with Crippen molar-refractivity contribution in [3.63, 3.8) is 0 Å². The van der Waals surface area contributed by atoms with E-state index in [-0.39, 0.29) is 0 Å². The molecule has 0 fully saturated rings. The van der Waals surface area contributed by atoms with Gasteiger partial charge in [-0.05, 0) is 13.0 Å². The van der Waals surface area contributed by atoms with Gasteiger partial charge in [0.15, 0.2) is 0 Å². The molecule has 6 heteroatoms. The maximum Gasteiger partial charge on any atom is 0.145 e. The van der Waals surface area contributed by atoms with Crippen molar-refractivity contribution in [1.82, 2.24) is 25.7 Å². The standard InChI is InChI=1S/C9H13N5S/c1-2-3-10-4-7-5-11-9(15-7)8-6-12-14-13-8/h5-6,10H,2-4H2,1H3,(H,12,13,14). The molecule has 0 spiro atoms. The second kappa shape index (κ2) is 4.99. The minimum atomic E-state index is 0.807. The molecular weight excluding hydrogens is 210 g/mol. The molecule has 0 saturated heterocycles. The van der Waals surface area contributed by atoms with Gasteiger partial charge in [-0.2, -0.15) is 15.4 Å². The average Bonchev–Trinajstić information content (AvgIpc) is 2.87. The van der Waals surface area contributed by atoms with Crippen LogP contribution in [-0.4, -0.2) is 26.9 Å². The van der Waals surface area contributed by atoms with Gasteiger partial charge in [-0.1, -0.05) is 6.92 Å². The lowest BCUT2D eigenvalue weighted by atomic mass is 10.4. The topological polar surface area (TPSA) is 66.5 Å². The summed E-state index contributed by atoms with van der Waals surface area (Å²) >= 11 is 1.64. The molecule has 0 unspecified atom stereocenters. The van der Waals surface area contributed by atoms with E-state index in [2.05, 4.69) is 32.6 Å². The molecule has 2 heterocycles. The Labute approximate surface area is 91.9 Å². The number of nitrogens with zero attached hydrogens (tertiary/aromatic N) is 3. The van der Waals surface area contributed by atoms with Gasteiger partial charge in [0.25, 0.3) is 0 Å². The highest BCUT2D eigenvalue weighted by atomic mass is 32.1. The van der Waals surface area contributed by atoms with E-state index < -0.39 is 0 Å². The molecule has 15 heavy (non-hydrogen) atoms. The normalized spacial score (nSPS) is 10.7. The Balaban J connectivity index is 1.98. The monoisotopic (exact) mass is 223 g/mol. The Morgan fingerprint density at radius 1 is 1.47 bits per heavy atom. The Hall–Kier alpha value is -1.27. The Bertz CT molecular complexity index is 394. The molecule has 0 atom stereocenters. The Morgan fingerprint density at radius 3 is 3.13 bits per heavy atom. The van der Waals surface area contributed by atoms with Crippen molar-refractivity contribution >= 4 is 11.3 Å². The third-order valence-corrected chi connectivity index (χ3v) is 2.93. The highest BCUT2D eigenvalue weighted by Gasteiger charge is 2.06. The Morgan fingerprint density at radius 2 is 2.40 bits per heavy atom. The lowest BCUT2D eigenvalue weighted by molar-refractivity contribution is 0.681. The summed E-state index contributed by atoms with van der Waals surface area (Å²) in [6, 6.07) is 0. The second-order valence-corrected chi connectivity index (χ2v) is 4.28. The Kier molecular flexibility index (Phi) is 3.41. The van der Waals surface area contributed by atoms with Crippen molar-refractivity contribution in [2.75, 3.05) is 6.54 Å². The lowest BCUT2D eigenvalue weighted by Gasteiger charge is -1.97. The van der Waals surface area contributed by atoms with Crippen LogP contribution in [0.2, 0.25) is 0 Å². The van der Waals surface area contributed by atoms with E-state index in [9.17, 15) is 0 Å². The molecular formula is C9H13N5S. The van der Waals surface area contributed by atoms with Crippen LogP contribution < -0.4 is 5.32 Å². The van der Waals surface area contributed by atoms with Crippen LogP contribution in [-0.2, 0) is 6.54 Å². The molecule has 2 N–H and O–H groups in total. The summed E-state index contributed by atoms with van der Waals surface area (Å²) in [4.78, 5) is 5.52. The van der Waals surface area contributed by atoms with E-state index in [0.29, 0.717) is 0 Å². The van der Waals surface area contributed by atoms with Crippen molar-refractivity contribution in [1.29, 1.82) is 0 Å². The highest BCUT2D eigenvalue weighted by Crippen LogP contribution is 2.21. The molecule has 0 amide bonds. The van der Waals surface area contributed by atoms with Gasteiger partial charge in [-0.15, -0.1) is 11.3 Å². The van der Waals surface area contributed by atoms with Crippen molar-refractivity contribution in [2.24, 2.45) is 0 Å². The van der Waals surface area contributed by atoms with E-state index >= 15 is 0 Å². The first-order valence-electron chi connectivity index (χ1n) is 4.91. The van der Waals surface area contributed by atoms with Gasteiger partial charge < -0.3 is 5.32 Å². The second-order valence-electron chi connectivity index (χ2n) is 3.16. The summed E-state index contributed by atoms with van der Waals surface area (Å²) < 4.78 is 0. The summed E-state index contributed by atoms with van der Waals surface area (Å²) in [6.45, 7) is 4.07. The first-order valence-corrected chi connectivity index (χ1v) is 5.73. The van der Waals surface area contributed by atoms with Crippen molar-refractivity contribution < 1.29 is 0 Å². The van der Waals surface area contributed by atoms with Crippen LogP contribution in [0.5, 0.6) is 0 Å². The molecule has 0 aliphatic heterocycles. The van der Waals surface area contributed by atoms with Crippen molar-refractivity contribution in [3.8, 4) is 10.7 Å². The number of rotatable bonds is 5. The molecule has 0 bridgehead atoms. The zero-order chi connectivity index (χ0) is 10.5. The molecule has 0 saturated carbocycles. The predicted octanol–water partition coefficient (Wildman–Crippen LogP) is 1.43. The number of hydrogen-bond donors (Lipinski definition) is 2. The third kappa shape index (κ3) is 2.60. The fraction of sp³-hybridized carbons (Fsp3) is 0.444. The average molecular weight is 223 g/mol. The van der Waals surface area contributed by atoms with E-state index in [0.717, 1.165) is 30.2 Å². The van der Waals surface area contributed by atoms with E-state index in [1.807, 2.05) is 6.20 Å². The fourth-order valence-corrected chi connectivity index (χ4v) is 2.04. The number of aromatic amines is 1. The molecule has 2 rings (SSSR count). The molecule has 2 aromatic heterocycles. The van der Waals surface area contributed by atoms with Crippen LogP contribution in [0.3, 0.4) is 0 Å². The van der Waals surface area contributed by atoms with E-state index in [1.54, 1.807) is 17.5 Å². The number of thiazole rings is 1. The third-order valence-electron chi connectivity index (χ3n) is 1.91. The van der Waals surface area contributed by atoms with Gasteiger partial charge in [-0.25, -0.2) is 4.98 Å². The van der Waals surface area contributed by atoms with Gasteiger partial charge in [0.2, 0.25) is 0 Å². The number of H-pyrrole nitrogens is 1. The maximum atomic E-state index is 4.29. The number of nitrogens with one attached hydrogen (secondary N) is 2. The highest BCUT2D eigenvalue weighted by molar-refractivity contribution is 7.14. The first-order chi connectivity index (χ1) is 7.40. The minimum Gasteiger partial charge on any atom is -0.312 e. The van der Waals surface area contributed by atoms with Crippen LogP contribution in [0.1, 0.15) is 18.2 Å². The molecule has 0 aliphatic rings. The maximum absolute atomic E-state index is 4.29. The van der Waals surface area contributed by atoms with Crippen molar-refractivity contribution in [3.05, 3.63) is 17.3 Å². The number of aromatic nitrogens is 4. The van der Waals surface area contributed by atoms with Gasteiger partial charge in [0.05, 0.1) is 6.20 Å². The fourth-order valence-electron chi connectivity index (χ4n) is 1.20. The molecule has 5 nitrogen and oxygen atoms in total. The number of hydrogen-bond acceptors (Lipinski definition) is 5. The van der Waals surface area contributed by atoms with Crippen LogP contribution in [0.15, 0.2) is 12.4 Å². The van der Waals surface area contributed by atoms with Crippen LogP contribution in [0.4, 0.5) is 0 Å². The summed E-state index contributed by atoms with van der Waals surface area (Å²) in [6.07, 6.45) is 4.72. The van der Waals surface area contributed by atoms with Gasteiger partial charge in [0.1, 0.15) is 10.7 Å². The van der Waals surface area contributed by atoms with Crippen LogP contribution in [0, 0.1) is 0 Å². The predicted molar refractivity (Wildman–Crippen MR) is 59.5 cm³/mol. The zero-order valence-electron chi connectivity index (χ0n) is 8.53. The van der Waals surface area contributed by atoms with Gasteiger partial charge >= 0.3 is 0 Å². The van der Waals surface area contributed by atoms with Gasteiger partial charge in [0, 0.05) is 17.6 Å². The van der Waals surface area contributed by atoms with E-state index in [4.69, 9.17) is 0 Å². The zero-order valence-corrected chi connectivity index (χ0v) is 9.34. The van der Waals surface area contributed by atoms with Gasteiger partial charge in [-0.3, -0.25) is 0 Å². The molecule has 80 valence electrons. The quantitative estimate of drug-likeness (QED) is 0.752. The summed E-state index contributed by atoms with van der Waals surface area (Å²) in [5.41, 5.74) is 0.807. The molecule has 2 aromatic rings. The van der Waals surface area contributed by atoms with E-state index in [1.165, 1.54) is 4.88 Å². The molecule has 0 radical (unpaired) electrons. The minimum absolute atomic E-state index is 0.807. The van der Waals surface area contributed by atoms with Crippen LogP contribution >= 0.6 is 11.3 Å². The van der Waals surface area contributed by atoms with Crippen molar-refractivity contribution in [2.45, 2.75) is 19.9 Å². The largest absolute Gasteiger partial charge is 0.312 e. The first kappa shape index (κ1) is 10.3. The molecule has 0 aliphatic carbocycles. The van der Waals surface area contributed by atoms with Crippen LogP contribution in [0.25, 0.3) is 10.7 Å². The summed E-state index contributed by atoms with van der Waals surface area (Å²) in [7, 11) is 0. The smallest absolute Gasteiger partial charge is 0.145 e.